The van der Waals surface area contributed by atoms with Gasteiger partial charge in [-0.05, 0) is 39.1 Å². The van der Waals surface area contributed by atoms with Crippen LogP contribution >= 0.6 is 15.9 Å². The van der Waals surface area contributed by atoms with Crippen molar-refractivity contribution in [2.75, 3.05) is 20.3 Å². The van der Waals surface area contributed by atoms with Gasteiger partial charge in [0.25, 0.3) is 0 Å². The summed E-state index contributed by atoms with van der Waals surface area (Å²) in [5, 5.41) is 3.27. The van der Waals surface area contributed by atoms with Gasteiger partial charge >= 0.3 is 0 Å². The van der Waals surface area contributed by atoms with Crippen LogP contribution < -0.4 is 5.32 Å². The summed E-state index contributed by atoms with van der Waals surface area (Å²) in [6.07, 6.45) is 0. The van der Waals surface area contributed by atoms with Gasteiger partial charge in [0, 0.05) is 15.6 Å². The van der Waals surface area contributed by atoms with Crippen LogP contribution in [0.15, 0.2) is 22.7 Å². The lowest BCUT2D eigenvalue weighted by Gasteiger charge is -2.52. The molecule has 1 fully saturated rings. The van der Waals surface area contributed by atoms with Crippen molar-refractivity contribution in [1.29, 1.82) is 0 Å². The van der Waals surface area contributed by atoms with Gasteiger partial charge in [-0.25, -0.2) is 4.39 Å². The van der Waals surface area contributed by atoms with E-state index in [1.54, 1.807) is 6.07 Å². The third-order valence-corrected chi connectivity index (χ3v) is 4.46. The number of halogens is 2. The normalized spacial score (nSPS) is 18.9. The smallest absolute Gasteiger partial charge is 0.127 e. The topological polar surface area (TPSA) is 21.3 Å². The highest BCUT2D eigenvalue weighted by Crippen LogP contribution is 2.43. The van der Waals surface area contributed by atoms with E-state index in [4.69, 9.17) is 4.74 Å². The Balaban J connectivity index is 2.52. The molecule has 2 rings (SSSR count). The molecule has 1 aliphatic heterocycles. The first kappa shape index (κ1) is 13.0. The zero-order chi connectivity index (χ0) is 12.7. The van der Waals surface area contributed by atoms with Crippen LogP contribution in [0.4, 0.5) is 4.39 Å². The predicted octanol–water partition coefficient (Wildman–Crippen LogP) is 2.85. The van der Waals surface area contributed by atoms with Gasteiger partial charge in [-0.15, -0.1) is 0 Å². The van der Waals surface area contributed by atoms with Crippen LogP contribution in [-0.4, -0.2) is 25.8 Å². The number of rotatable bonds is 3. The summed E-state index contributed by atoms with van der Waals surface area (Å²) in [6.45, 7) is 5.26. The third kappa shape index (κ3) is 1.92. The fourth-order valence-electron chi connectivity index (χ4n) is 2.26. The Labute approximate surface area is 110 Å². The Kier molecular flexibility index (Phi) is 3.31. The molecule has 0 unspecified atom stereocenters. The summed E-state index contributed by atoms with van der Waals surface area (Å²) in [5.74, 6) is -0.167. The number of likely N-dealkylation sites (N-methyl/N-ethyl adjacent to an activating group) is 1. The first-order chi connectivity index (χ1) is 7.93. The van der Waals surface area contributed by atoms with Gasteiger partial charge in [0.15, 0.2) is 0 Å². The number of hydrogen-bond donors (Lipinski definition) is 1. The molecule has 0 bridgehead atoms. The summed E-state index contributed by atoms with van der Waals surface area (Å²) in [7, 11) is 1.90. The zero-order valence-electron chi connectivity index (χ0n) is 10.3. The minimum absolute atomic E-state index is 0.167. The maximum atomic E-state index is 14.0. The summed E-state index contributed by atoms with van der Waals surface area (Å²) < 4.78 is 20.3. The molecule has 0 radical (unpaired) electrons. The van der Waals surface area contributed by atoms with Crippen molar-refractivity contribution in [2.24, 2.45) is 0 Å². The molecule has 0 spiro atoms. The number of benzene rings is 1. The van der Waals surface area contributed by atoms with Crippen molar-refractivity contribution >= 4 is 15.9 Å². The highest BCUT2D eigenvalue weighted by molar-refractivity contribution is 9.10. The Bertz CT molecular complexity index is 429. The monoisotopic (exact) mass is 301 g/mol. The average Bonchev–Trinajstić information content (AvgIpc) is 2.21. The van der Waals surface area contributed by atoms with E-state index in [0.29, 0.717) is 13.2 Å². The van der Waals surface area contributed by atoms with Crippen molar-refractivity contribution in [1.82, 2.24) is 5.32 Å². The van der Waals surface area contributed by atoms with E-state index < -0.39 is 0 Å². The maximum absolute atomic E-state index is 14.0. The highest BCUT2D eigenvalue weighted by atomic mass is 79.9. The number of ether oxygens (including phenoxy) is 1. The van der Waals surface area contributed by atoms with Crippen molar-refractivity contribution < 1.29 is 9.13 Å². The van der Waals surface area contributed by atoms with Crippen LogP contribution in [0.3, 0.4) is 0 Å². The van der Waals surface area contributed by atoms with E-state index in [1.165, 1.54) is 6.07 Å². The van der Waals surface area contributed by atoms with E-state index in [9.17, 15) is 4.39 Å². The predicted molar refractivity (Wildman–Crippen MR) is 69.7 cm³/mol. The quantitative estimate of drug-likeness (QED) is 0.927. The van der Waals surface area contributed by atoms with E-state index in [-0.39, 0.29) is 16.8 Å². The molecule has 0 amide bonds. The molecule has 94 valence electrons. The Morgan fingerprint density at radius 2 is 2.06 bits per heavy atom. The van der Waals surface area contributed by atoms with E-state index in [2.05, 4.69) is 35.1 Å². The Hall–Kier alpha value is -0.450. The second kappa shape index (κ2) is 4.34. The molecule has 1 heterocycles. The first-order valence-corrected chi connectivity index (χ1v) is 6.44. The van der Waals surface area contributed by atoms with E-state index in [0.717, 1.165) is 10.0 Å². The zero-order valence-corrected chi connectivity index (χ0v) is 11.9. The van der Waals surface area contributed by atoms with Crippen molar-refractivity contribution in [3.8, 4) is 0 Å². The lowest BCUT2D eigenvalue weighted by atomic mass is 9.65. The molecule has 1 aromatic carbocycles. The van der Waals surface area contributed by atoms with Crippen LogP contribution in [0.25, 0.3) is 0 Å². The van der Waals surface area contributed by atoms with Crippen LogP contribution in [-0.2, 0) is 10.2 Å². The van der Waals surface area contributed by atoms with Gasteiger partial charge in [-0.3, -0.25) is 0 Å². The minimum Gasteiger partial charge on any atom is -0.379 e. The summed E-state index contributed by atoms with van der Waals surface area (Å²) in [4.78, 5) is 0. The molecule has 1 aliphatic rings. The molecule has 0 aromatic heterocycles. The third-order valence-electron chi connectivity index (χ3n) is 3.96. The molecular formula is C13H17BrFNO. The van der Waals surface area contributed by atoms with Crippen molar-refractivity contribution in [2.45, 2.75) is 24.8 Å². The van der Waals surface area contributed by atoms with Gasteiger partial charge in [0.1, 0.15) is 5.82 Å². The molecule has 1 saturated heterocycles. The lowest BCUT2D eigenvalue weighted by Crippen LogP contribution is -2.66. The molecule has 2 nitrogen and oxygen atoms in total. The molecule has 0 saturated carbocycles. The molecular weight excluding hydrogens is 285 g/mol. The average molecular weight is 302 g/mol. The SMILES string of the molecule is CNC(C)(C)C1(c2cc(Br)ccc2F)COC1. The Morgan fingerprint density at radius 3 is 2.53 bits per heavy atom. The number of nitrogens with one attached hydrogen (secondary N) is 1. The molecule has 0 aliphatic carbocycles. The molecule has 0 atom stereocenters. The molecule has 1 N–H and O–H groups in total. The largest absolute Gasteiger partial charge is 0.379 e. The standard InChI is InChI=1S/C13H17BrFNO/c1-12(2,16-3)13(7-17-8-13)10-6-9(14)4-5-11(10)15/h4-6,16H,7-8H2,1-3H3. The van der Waals surface area contributed by atoms with Gasteiger partial charge in [-0.2, -0.15) is 0 Å². The van der Waals surface area contributed by atoms with Crippen LogP contribution in [0.1, 0.15) is 19.4 Å². The van der Waals surface area contributed by atoms with E-state index >= 15 is 0 Å². The summed E-state index contributed by atoms with van der Waals surface area (Å²) in [6, 6.07) is 5.08. The summed E-state index contributed by atoms with van der Waals surface area (Å²) in [5.41, 5.74) is 0.208. The van der Waals surface area contributed by atoms with Crippen LogP contribution in [0, 0.1) is 5.82 Å². The minimum atomic E-state index is -0.296. The van der Waals surface area contributed by atoms with E-state index in [1.807, 2.05) is 13.1 Å². The van der Waals surface area contributed by atoms with Crippen LogP contribution in [0.2, 0.25) is 0 Å². The Morgan fingerprint density at radius 1 is 1.41 bits per heavy atom. The van der Waals surface area contributed by atoms with Gasteiger partial charge in [0.05, 0.1) is 18.6 Å². The molecule has 17 heavy (non-hydrogen) atoms. The van der Waals surface area contributed by atoms with Gasteiger partial charge < -0.3 is 10.1 Å². The second-order valence-corrected chi connectivity index (χ2v) is 5.99. The van der Waals surface area contributed by atoms with Crippen molar-refractivity contribution in [3.05, 3.63) is 34.1 Å². The van der Waals surface area contributed by atoms with Gasteiger partial charge in [0.2, 0.25) is 0 Å². The first-order valence-electron chi connectivity index (χ1n) is 5.65. The highest BCUT2D eigenvalue weighted by Gasteiger charge is 2.52. The van der Waals surface area contributed by atoms with Crippen LogP contribution in [0.5, 0.6) is 0 Å². The van der Waals surface area contributed by atoms with Crippen molar-refractivity contribution in [3.63, 3.8) is 0 Å². The second-order valence-electron chi connectivity index (χ2n) is 5.07. The molecule has 1 aromatic rings. The fourth-order valence-corrected chi connectivity index (χ4v) is 2.62. The van der Waals surface area contributed by atoms with Gasteiger partial charge in [-0.1, -0.05) is 15.9 Å². The summed E-state index contributed by atoms with van der Waals surface area (Å²) >= 11 is 3.40. The lowest BCUT2D eigenvalue weighted by molar-refractivity contribution is -0.101. The maximum Gasteiger partial charge on any atom is 0.127 e. The molecule has 4 heteroatoms. The number of hydrogen-bond acceptors (Lipinski definition) is 2. The fraction of sp³-hybridized carbons (Fsp3) is 0.538.